The fourth-order valence-electron chi connectivity index (χ4n) is 1.46. The molecule has 0 atom stereocenters. The van der Waals surface area contributed by atoms with E-state index in [1.807, 2.05) is 6.92 Å². The summed E-state index contributed by atoms with van der Waals surface area (Å²) in [7, 11) is 0. The topological polar surface area (TPSA) is 12.9 Å². The lowest BCUT2D eigenvalue weighted by molar-refractivity contribution is 0.628. The van der Waals surface area contributed by atoms with E-state index in [0.717, 1.165) is 16.7 Å². The number of halogens is 2. The maximum absolute atomic E-state index is 13.1. The maximum atomic E-state index is 13.1. The number of aromatic nitrogens is 1. The molecule has 0 unspecified atom stereocenters. The Morgan fingerprint density at radius 3 is 2.73 bits per heavy atom. The molecule has 76 valence electrons. The van der Waals surface area contributed by atoms with Gasteiger partial charge >= 0.3 is 0 Å². The number of pyridine rings is 1. The first-order chi connectivity index (χ1) is 7.18. The summed E-state index contributed by atoms with van der Waals surface area (Å²) in [6, 6.07) is 6.33. The van der Waals surface area contributed by atoms with E-state index in [1.54, 1.807) is 24.5 Å². The van der Waals surface area contributed by atoms with E-state index in [0.29, 0.717) is 5.02 Å². The Morgan fingerprint density at radius 2 is 2.00 bits per heavy atom. The van der Waals surface area contributed by atoms with Crippen LogP contribution in [0.4, 0.5) is 4.39 Å². The zero-order valence-corrected chi connectivity index (χ0v) is 8.92. The van der Waals surface area contributed by atoms with Gasteiger partial charge in [0.15, 0.2) is 0 Å². The minimum absolute atomic E-state index is 0.268. The zero-order chi connectivity index (χ0) is 10.8. The monoisotopic (exact) mass is 221 g/mol. The lowest BCUT2D eigenvalue weighted by Gasteiger charge is -2.07. The van der Waals surface area contributed by atoms with Gasteiger partial charge in [-0.2, -0.15) is 0 Å². The van der Waals surface area contributed by atoms with Crippen LogP contribution in [0.3, 0.4) is 0 Å². The molecule has 0 aliphatic carbocycles. The number of rotatable bonds is 1. The molecule has 0 aliphatic rings. The van der Waals surface area contributed by atoms with Crippen LogP contribution in [-0.4, -0.2) is 4.98 Å². The fraction of sp³-hybridized carbons (Fsp3) is 0.0833. The summed E-state index contributed by atoms with van der Waals surface area (Å²) in [5.74, 6) is -0.268. The van der Waals surface area contributed by atoms with Crippen molar-refractivity contribution in [1.82, 2.24) is 4.98 Å². The summed E-state index contributed by atoms with van der Waals surface area (Å²) in [5.41, 5.74) is 2.52. The lowest BCUT2D eigenvalue weighted by atomic mass is 10.0. The largest absolute Gasteiger partial charge is 0.264 e. The first kappa shape index (κ1) is 10.1. The van der Waals surface area contributed by atoms with Crippen molar-refractivity contribution in [3.8, 4) is 11.1 Å². The molecule has 0 bridgehead atoms. The first-order valence-electron chi connectivity index (χ1n) is 4.54. The Hall–Kier alpha value is -1.41. The maximum Gasteiger partial charge on any atom is 0.123 e. The Kier molecular flexibility index (Phi) is 2.69. The third kappa shape index (κ3) is 2.00. The average molecular weight is 222 g/mol. The van der Waals surface area contributed by atoms with Gasteiger partial charge in [0, 0.05) is 18.0 Å². The molecule has 0 saturated carbocycles. The van der Waals surface area contributed by atoms with Crippen LogP contribution in [0.25, 0.3) is 11.1 Å². The molecule has 2 aromatic rings. The van der Waals surface area contributed by atoms with Crippen LogP contribution in [0.1, 0.15) is 5.56 Å². The molecule has 0 radical (unpaired) electrons. The normalized spacial score (nSPS) is 10.3. The highest BCUT2D eigenvalue weighted by Gasteiger charge is 2.07. The van der Waals surface area contributed by atoms with Crippen molar-refractivity contribution < 1.29 is 4.39 Å². The van der Waals surface area contributed by atoms with Crippen molar-refractivity contribution in [3.63, 3.8) is 0 Å². The summed E-state index contributed by atoms with van der Waals surface area (Å²) in [6.45, 7) is 1.91. The molecule has 1 heterocycles. The number of aryl methyl sites for hydroxylation is 1. The second-order valence-corrected chi connectivity index (χ2v) is 3.72. The zero-order valence-electron chi connectivity index (χ0n) is 8.17. The van der Waals surface area contributed by atoms with E-state index in [2.05, 4.69) is 4.98 Å². The highest BCUT2D eigenvalue weighted by atomic mass is 35.5. The van der Waals surface area contributed by atoms with Crippen LogP contribution >= 0.6 is 11.6 Å². The Balaban J connectivity index is 2.64. The summed E-state index contributed by atoms with van der Waals surface area (Å²) in [4.78, 5) is 3.99. The molecular weight excluding hydrogens is 213 g/mol. The number of benzene rings is 1. The quantitative estimate of drug-likeness (QED) is 0.713. The Bertz CT molecular complexity index is 497. The molecule has 0 spiro atoms. The van der Waals surface area contributed by atoms with Gasteiger partial charge in [0.05, 0.1) is 5.02 Å². The van der Waals surface area contributed by atoms with Crippen LogP contribution in [0.5, 0.6) is 0 Å². The second kappa shape index (κ2) is 3.99. The van der Waals surface area contributed by atoms with Crippen LogP contribution in [-0.2, 0) is 0 Å². The summed E-state index contributed by atoms with van der Waals surface area (Å²) >= 11 is 6.02. The SMILES string of the molecule is Cc1ccc(F)cc1-c1cnccc1Cl. The molecule has 0 aliphatic heterocycles. The van der Waals surface area contributed by atoms with Crippen LogP contribution in [0.15, 0.2) is 36.7 Å². The van der Waals surface area contributed by atoms with E-state index in [1.165, 1.54) is 12.1 Å². The number of hydrogen-bond donors (Lipinski definition) is 0. The van der Waals surface area contributed by atoms with Crippen molar-refractivity contribution in [1.29, 1.82) is 0 Å². The lowest BCUT2D eigenvalue weighted by Crippen LogP contribution is -1.87. The predicted octanol–water partition coefficient (Wildman–Crippen LogP) is 3.85. The van der Waals surface area contributed by atoms with Crippen molar-refractivity contribution in [2.24, 2.45) is 0 Å². The molecule has 0 fully saturated rings. The van der Waals surface area contributed by atoms with E-state index >= 15 is 0 Å². The molecule has 0 N–H and O–H groups in total. The molecule has 2 rings (SSSR count). The van der Waals surface area contributed by atoms with Gasteiger partial charge in [0.1, 0.15) is 5.82 Å². The second-order valence-electron chi connectivity index (χ2n) is 3.31. The smallest absolute Gasteiger partial charge is 0.123 e. The molecule has 1 nitrogen and oxygen atoms in total. The highest BCUT2D eigenvalue weighted by molar-refractivity contribution is 6.33. The predicted molar refractivity (Wildman–Crippen MR) is 59.4 cm³/mol. The van der Waals surface area contributed by atoms with Gasteiger partial charge in [0.25, 0.3) is 0 Å². The third-order valence-corrected chi connectivity index (χ3v) is 2.59. The Morgan fingerprint density at radius 1 is 1.20 bits per heavy atom. The molecular formula is C12H9ClFN. The molecule has 0 amide bonds. The summed E-state index contributed by atoms with van der Waals surface area (Å²) in [5, 5.41) is 0.582. The van der Waals surface area contributed by atoms with Gasteiger partial charge in [-0.1, -0.05) is 17.7 Å². The van der Waals surface area contributed by atoms with Crippen LogP contribution in [0, 0.1) is 12.7 Å². The van der Waals surface area contributed by atoms with Gasteiger partial charge in [-0.15, -0.1) is 0 Å². The molecule has 3 heteroatoms. The first-order valence-corrected chi connectivity index (χ1v) is 4.92. The standard InChI is InChI=1S/C12H9ClFN/c1-8-2-3-9(14)6-10(8)11-7-15-5-4-12(11)13/h2-7H,1H3. The molecule has 0 saturated heterocycles. The Labute approximate surface area is 92.5 Å². The average Bonchev–Trinajstić information content (AvgIpc) is 2.23. The summed E-state index contributed by atoms with van der Waals surface area (Å²) < 4.78 is 13.1. The summed E-state index contributed by atoms with van der Waals surface area (Å²) in [6.07, 6.45) is 3.25. The van der Waals surface area contributed by atoms with Gasteiger partial charge in [-0.3, -0.25) is 4.98 Å². The minimum atomic E-state index is -0.268. The van der Waals surface area contributed by atoms with E-state index in [4.69, 9.17) is 11.6 Å². The van der Waals surface area contributed by atoms with Crippen molar-refractivity contribution in [2.45, 2.75) is 6.92 Å². The fourth-order valence-corrected chi connectivity index (χ4v) is 1.67. The van der Waals surface area contributed by atoms with Crippen molar-refractivity contribution >= 4 is 11.6 Å². The van der Waals surface area contributed by atoms with Gasteiger partial charge < -0.3 is 0 Å². The van der Waals surface area contributed by atoms with E-state index in [9.17, 15) is 4.39 Å². The van der Waals surface area contributed by atoms with E-state index in [-0.39, 0.29) is 5.82 Å². The van der Waals surface area contributed by atoms with Gasteiger partial charge in [-0.25, -0.2) is 4.39 Å². The minimum Gasteiger partial charge on any atom is -0.264 e. The van der Waals surface area contributed by atoms with Crippen LogP contribution < -0.4 is 0 Å². The van der Waals surface area contributed by atoms with Crippen molar-refractivity contribution in [2.75, 3.05) is 0 Å². The van der Waals surface area contributed by atoms with Gasteiger partial charge in [0.2, 0.25) is 0 Å². The molecule has 1 aromatic heterocycles. The number of nitrogens with zero attached hydrogens (tertiary/aromatic N) is 1. The van der Waals surface area contributed by atoms with Crippen LogP contribution in [0.2, 0.25) is 5.02 Å². The highest BCUT2D eigenvalue weighted by Crippen LogP contribution is 2.29. The van der Waals surface area contributed by atoms with E-state index < -0.39 is 0 Å². The van der Waals surface area contributed by atoms with Crippen molar-refractivity contribution in [3.05, 3.63) is 53.1 Å². The molecule has 1 aromatic carbocycles. The number of hydrogen-bond acceptors (Lipinski definition) is 1. The third-order valence-electron chi connectivity index (χ3n) is 2.26. The molecule has 15 heavy (non-hydrogen) atoms. The van der Waals surface area contributed by atoms with Gasteiger partial charge in [-0.05, 0) is 36.2 Å².